The molecular weight excluding hydrogens is 422 g/mol. The van der Waals surface area contributed by atoms with Crippen molar-refractivity contribution >= 4 is 11.8 Å². The molecule has 8 heteroatoms. The van der Waals surface area contributed by atoms with Crippen molar-refractivity contribution in [1.29, 1.82) is 0 Å². The molecule has 4 heterocycles. The fourth-order valence-corrected chi connectivity index (χ4v) is 5.20. The predicted molar refractivity (Wildman–Crippen MR) is 120 cm³/mol. The van der Waals surface area contributed by atoms with E-state index in [-0.39, 0.29) is 17.9 Å². The fourth-order valence-electron chi connectivity index (χ4n) is 5.20. The highest BCUT2D eigenvalue weighted by Gasteiger charge is 2.66. The third-order valence-corrected chi connectivity index (χ3v) is 6.77. The van der Waals surface area contributed by atoms with Gasteiger partial charge in [-0.05, 0) is 41.8 Å². The number of hydrogen-bond acceptors (Lipinski definition) is 6. The second kappa shape index (κ2) is 8.51. The Morgan fingerprint density at radius 2 is 1.97 bits per heavy atom. The Balaban J connectivity index is 1.24. The molecule has 2 amide bonds. The average molecular weight is 450 g/mol. The van der Waals surface area contributed by atoms with Gasteiger partial charge in [0, 0.05) is 25.5 Å². The first-order chi connectivity index (χ1) is 16.0. The molecule has 4 atom stereocenters. The summed E-state index contributed by atoms with van der Waals surface area (Å²) in [7, 11) is 3.19. The molecule has 172 valence electrons. The van der Waals surface area contributed by atoms with Gasteiger partial charge in [0.05, 0.1) is 38.7 Å². The number of rotatable bonds is 8. The zero-order valence-corrected chi connectivity index (χ0v) is 18.7. The number of carbonyl (C=O) groups excluding carboxylic acids is 2. The number of methoxy groups -OCH3 is 2. The summed E-state index contributed by atoms with van der Waals surface area (Å²) in [5, 5.41) is 3.01. The molecule has 1 N–H and O–H groups in total. The van der Waals surface area contributed by atoms with Gasteiger partial charge in [0.25, 0.3) is 0 Å². The van der Waals surface area contributed by atoms with Crippen LogP contribution in [0.15, 0.2) is 54.9 Å². The molecule has 2 aromatic rings. The number of likely N-dealkylation sites (tertiary alicyclic amines) is 1. The van der Waals surface area contributed by atoms with Crippen molar-refractivity contribution < 1.29 is 23.8 Å². The number of ether oxygens (including phenoxy) is 3. The molecule has 3 aliphatic heterocycles. The van der Waals surface area contributed by atoms with Gasteiger partial charge >= 0.3 is 0 Å². The van der Waals surface area contributed by atoms with Gasteiger partial charge in [-0.15, -0.1) is 0 Å². The highest BCUT2D eigenvalue weighted by Crippen LogP contribution is 2.52. The smallest absolute Gasteiger partial charge is 0.230 e. The molecule has 2 fully saturated rings. The van der Waals surface area contributed by atoms with Crippen molar-refractivity contribution in [2.45, 2.75) is 24.7 Å². The maximum absolute atomic E-state index is 13.3. The molecule has 4 unspecified atom stereocenters. The molecule has 5 rings (SSSR count). The maximum atomic E-state index is 13.3. The van der Waals surface area contributed by atoms with Crippen LogP contribution in [-0.4, -0.2) is 60.7 Å². The summed E-state index contributed by atoms with van der Waals surface area (Å²) in [4.78, 5) is 32.3. The lowest BCUT2D eigenvalue weighted by Crippen LogP contribution is -2.44. The molecule has 0 aliphatic carbocycles. The fraction of sp³-hybridized carbons (Fsp3) is 0.400. The van der Waals surface area contributed by atoms with Crippen LogP contribution in [0.1, 0.15) is 11.1 Å². The summed E-state index contributed by atoms with van der Waals surface area (Å²) in [6.07, 6.45) is 7.61. The average Bonchev–Trinajstić information content (AvgIpc) is 3.47. The minimum absolute atomic E-state index is 0.0290. The summed E-state index contributed by atoms with van der Waals surface area (Å²) in [6.45, 7) is 1.40. The molecule has 1 aromatic carbocycles. The number of pyridine rings is 1. The van der Waals surface area contributed by atoms with Crippen LogP contribution in [0.5, 0.6) is 11.5 Å². The van der Waals surface area contributed by atoms with E-state index >= 15 is 0 Å². The van der Waals surface area contributed by atoms with Gasteiger partial charge in [0.1, 0.15) is 5.60 Å². The Bertz CT molecular complexity index is 1090. The number of hydrogen-bond donors (Lipinski definition) is 1. The van der Waals surface area contributed by atoms with Crippen LogP contribution in [-0.2, 0) is 27.3 Å². The first-order valence-corrected chi connectivity index (χ1v) is 11.1. The zero-order valence-electron chi connectivity index (χ0n) is 18.7. The van der Waals surface area contributed by atoms with Crippen LogP contribution in [0.25, 0.3) is 0 Å². The van der Waals surface area contributed by atoms with Crippen molar-refractivity contribution in [2.75, 3.05) is 27.3 Å². The zero-order chi connectivity index (χ0) is 23.0. The predicted octanol–water partition coefficient (Wildman–Crippen LogP) is 1.74. The summed E-state index contributed by atoms with van der Waals surface area (Å²) in [5.74, 6) is 0.138. The monoisotopic (exact) mass is 449 g/mol. The summed E-state index contributed by atoms with van der Waals surface area (Å²) in [5.41, 5.74) is 1.32. The van der Waals surface area contributed by atoms with Crippen LogP contribution in [0.4, 0.5) is 0 Å². The second-order valence-electron chi connectivity index (χ2n) is 8.68. The Hall–Kier alpha value is -3.39. The highest BCUT2D eigenvalue weighted by atomic mass is 16.5. The Morgan fingerprint density at radius 3 is 2.73 bits per heavy atom. The first kappa shape index (κ1) is 21.5. The van der Waals surface area contributed by atoms with Gasteiger partial charge in [-0.25, -0.2) is 0 Å². The van der Waals surface area contributed by atoms with E-state index in [1.54, 1.807) is 31.5 Å². The normalized spacial score (nSPS) is 27.0. The number of nitrogens with one attached hydrogen (secondary N) is 1. The molecule has 33 heavy (non-hydrogen) atoms. The van der Waals surface area contributed by atoms with Crippen LogP contribution in [0.3, 0.4) is 0 Å². The van der Waals surface area contributed by atoms with Crippen LogP contribution in [0, 0.1) is 11.8 Å². The maximum Gasteiger partial charge on any atom is 0.230 e. The lowest BCUT2D eigenvalue weighted by molar-refractivity contribution is -0.137. The van der Waals surface area contributed by atoms with Gasteiger partial charge in [0.2, 0.25) is 11.8 Å². The van der Waals surface area contributed by atoms with Crippen molar-refractivity contribution in [3.63, 3.8) is 0 Å². The van der Waals surface area contributed by atoms with E-state index in [4.69, 9.17) is 14.2 Å². The van der Waals surface area contributed by atoms with Gasteiger partial charge in [0.15, 0.2) is 11.5 Å². The van der Waals surface area contributed by atoms with E-state index in [1.807, 2.05) is 42.5 Å². The van der Waals surface area contributed by atoms with Crippen LogP contribution >= 0.6 is 0 Å². The first-order valence-electron chi connectivity index (χ1n) is 11.1. The van der Waals surface area contributed by atoms with Gasteiger partial charge in [-0.2, -0.15) is 0 Å². The van der Waals surface area contributed by atoms with E-state index in [9.17, 15) is 9.59 Å². The summed E-state index contributed by atoms with van der Waals surface area (Å²) < 4.78 is 16.8. The SMILES string of the molecule is COc1ccc(CCNC(=O)C2C3C=CC4(CN(Cc5ccncc5)C(=O)C24)O3)cc1OC. The van der Waals surface area contributed by atoms with E-state index in [2.05, 4.69) is 10.3 Å². The van der Waals surface area contributed by atoms with Crippen molar-refractivity contribution in [1.82, 2.24) is 15.2 Å². The highest BCUT2D eigenvalue weighted by molar-refractivity contribution is 5.93. The number of amides is 2. The minimum Gasteiger partial charge on any atom is -0.493 e. The molecule has 2 saturated heterocycles. The van der Waals surface area contributed by atoms with Gasteiger partial charge in [-0.3, -0.25) is 14.6 Å². The molecule has 8 nitrogen and oxygen atoms in total. The number of benzene rings is 1. The number of carbonyl (C=O) groups is 2. The second-order valence-corrected chi connectivity index (χ2v) is 8.68. The van der Waals surface area contributed by atoms with E-state index in [0.29, 0.717) is 37.6 Å². The molecule has 0 radical (unpaired) electrons. The van der Waals surface area contributed by atoms with Crippen LogP contribution in [0.2, 0.25) is 0 Å². The number of nitrogens with zero attached hydrogens (tertiary/aromatic N) is 2. The molecule has 3 aliphatic rings. The molecular formula is C25H27N3O5. The largest absolute Gasteiger partial charge is 0.493 e. The molecule has 2 bridgehead atoms. The number of aromatic nitrogens is 1. The minimum atomic E-state index is -0.708. The van der Waals surface area contributed by atoms with E-state index < -0.39 is 17.4 Å². The van der Waals surface area contributed by atoms with Gasteiger partial charge in [-0.1, -0.05) is 18.2 Å². The molecule has 1 aromatic heterocycles. The Kier molecular flexibility index (Phi) is 5.54. The quantitative estimate of drug-likeness (QED) is 0.618. The molecule has 0 saturated carbocycles. The van der Waals surface area contributed by atoms with Crippen molar-refractivity contribution in [3.8, 4) is 11.5 Å². The lowest BCUT2D eigenvalue weighted by Gasteiger charge is -2.23. The van der Waals surface area contributed by atoms with E-state index in [0.717, 1.165) is 11.1 Å². The third kappa shape index (κ3) is 3.74. The standard InChI is InChI=1S/C25H27N3O5/c1-31-18-4-3-16(13-20(18)32-2)8-12-27-23(29)21-19-5-9-25(33-19)15-28(24(30)22(21)25)14-17-6-10-26-11-7-17/h3-7,9-11,13,19,21-22H,8,12,14-15H2,1-2H3,(H,27,29). The van der Waals surface area contributed by atoms with Crippen molar-refractivity contribution in [3.05, 3.63) is 66.0 Å². The number of fused-ring (bicyclic) bond motifs is 1. The third-order valence-electron chi connectivity index (χ3n) is 6.77. The topological polar surface area (TPSA) is 90.0 Å². The van der Waals surface area contributed by atoms with E-state index in [1.165, 1.54) is 0 Å². The summed E-state index contributed by atoms with van der Waals surface area (Å²) >= 11 is 0. The Morgan fingerprint density at radius 1 is 1.18 bits per heavy atom. The lowest BCUT2D eigenvalue weighted by atomic mass is 9.77. The van der Waals surface area contributed by atoms with Crippen molar-refractivity contribution in [2.24, 2.45) is 11.8 Å². The van der Waals surface area contributed by atoms with Crippen LogP contribution < -0.4 is 14.8 Å². The Labute approximate surface area is 192 Å². The summed E-state index contributed by atoms with van der Waals surface area (Å²) in [6, 6.07) is 9.49. The van der Waals surface area contributed by atoms with Gasteiger partial charge < -0.3 is 24.4 Å². The molecule has 1 spiro atoms.